The van der Waals surface area contributed by atoms with Crippen molar-refractivity contribution in [2.75, 3.05) is 37.4 Å². The molecule has 0 atom stereocenters. The van der Waals surface area contributed by atoms with Gasteiger partial charge in [-0.2, -0.15) is 5.26 Å². The van der Waals surface area contributed by atoms with E-state index in [9.17, 15) is 0 Å². The number of nitrogens with zero attached hydrogens (tertiary/aromatic N) is 2. The lowest BCUT2D eigenvalue weighted by molar-refractivity contribution is 0.131. The van der Waals surface area contributed by atoms with Gasteiger partial charge in [0.25, 0.3) is 0 Å². The molecule has 0 aliphatic heterocycles. The fourth-order valence-electron chi connectivity index (χ4n) is 1.84. The van der Waals surface area contributed by atoms with Crippen molar-refractivity contribution in [1.82, 2.24) is 0 Å². The predicted molar refractivity (Wildman–Crippen MR) is 72.4 cm³/mol. The molecular formula is C14H19N3O. The predicted octanol–water partition coefficient (Wildman–Crippen LogP) is 2.00. The van der Waals surface area contributed by atoms with E-state index >= 15 is 0 Å². The number of likely N-dealkylation sites (N-methyl/N-ethyl adjacent to an activating group) is 1. The van der Waals surface area contributed by atoms with Gasteiger partial charge in [-0.1, -0.05) is 6.07 Å². The normalized spacial score (nSPS) is 14.2. The molecule has 1 aromatic rings. The van der Waals surface area contributed by atoms with E-state index in [-0.39, 0.29) is 0 Å². The zero-order valence-corrected chi connectivity index (χ0v) is 10.7. The van der Waals surface area contributed by atoms with Crippen LogP contribution in [-0.2, 0) is 4.74 Å². The Morgan fingerprint density at radius 1 is 1.50 bits per heavy atom. The first-order valence-electron chi connectivity index (χ1n) is 6.30. The quantitative estimate of drug-likeness (QED) is 0.615. The Morgan fingerprint density at radius 3 is 2.94 bits per heavy atom. The number of nitrogens with two attached hydrogens (primary N) is 1. The molecule has 4 nitrogen and oxygen atoms in total. The SMILES string of the molecule is CN(CCOCC1CC1)c1cccc(C#N)c1N. The molecule has 0 spiro atoms. The van der Waals surface area contributed by atoms with Crippen LogP contribution in [0.2, 0.25) is 0 Å². The van der Waals surface area contributed by atoms with E-state index < -0.39 is 0 Å². The fourth-order valence-corrected chi connectivity index (χ4v) is 1.84. The van der Waals surface area contributed by atoms with Crippen LogP contribution in [0.25, 0.3) is 0 Å². The molecule has 1 aromatic carbocycles. The van der Waals surface area contributed by atoms with Crippen molar-refractivity contribution in [2.45, 2.75) is 12.8 Å². The number of nitriles is 1. The molecule has 2 rings (SSSR count). The Kier molecular flexibility index (Phi) is 4.06. The molecule has 18 heavy (non-hydrogen) atoms. The number of nitrogen functional groups attached to an aromatic ring is 1. The molecule has 1 saturated carbocycles. The van der Waals surface area contributed by atoms with Crippen molar-refractivity contribution < 1.29 is 4.74 Å². The van der Waals surface area contributed by atoms with Gasteiger partial charge in [-0.3, -0.25) is 0 Å². The van der Waals surface area contributed by atoms with E-state index in [4.69, 9.17) is 15.7 Å². The number of hydrogen-bond acceptors (Lipinski definition) is 4. The average Bonchev–Trinajstić information content (AvgIpc) is 3.18. The molecule has 1 fully saturated rings. The highest BCUT2D eigenvalue weighted by atomic mass is 16.5. The summed E-state index contributed by atoms with van der Waals surface area (Å²) in [6.07, 6.45) is 2.63. The summed E-state index contributed by atoms with van der Waals surface area (Å²) in [6, 6.07) is 7.61. The van der Waals surface area contributed by atoms with Gasteiger partial charge in [0, 0.05) is 20.2 Å². The molecule has 0 bridgehead atoms. The third-order valence-corrected chi connectivity index (χ3v) is 3.24. The van der Waals surface area contributed by atoms with E-state index in [1.807, 2.05) is 24.1 Å². The zero-order valence-electron chi connectivity index (χ0n) is 10.7. The molecule has 2 N–H and O–H groups in total. The molecule has 96 valence electrons. The van der Waals surface area contributed by atoms with Crippen LogP contribution < -0.4 is 10.6 Å². The maximum absolute atomic E-state index is 8.93. The second kappa shape index (κ2) is 5.74. The minimum Gasteiger partial charge on any atom is -0.396 e. The Labute approximate surface area is 108 Å². The van der Waals surface area contributed by atoms with Crippen LogP contribution in [-0.4, -0.2) is 26.8 Å². The molecule has 1 aliphatic rings. The van der Waals surface area contributed by atoms with Gasteiger partial charge in [0.1, 0.15) is 6.07 Å². The third kappa shape index (κ3) is 3.14. The molecule has 1 aliphatic carbocycles. The van der Waals surface area contributed by atoms with Gasteiger partial charge < -0.3 is 15.4 Å². The minimum atomic E-state index is 0.526. The van der Waals surface area contributed by atoms with Gasteiger partial charge in [-0.25, -0.2) is 0 Å². The van der Waals surface area contributed by atoms with E-state index in [2.05, 4.69) is 6.07 Å². The van der Waals surface area contributed by atoms with Crippen molar-refractivity contribution in [2.24, 2.45) is 5.92 Å². The Morgan fingerprint density at radius 2 is 2.28 bits per heavy atom. The second-order valence-corrected chi connectivity index (χ2v) is 4.79. The van der Waals surface area contributed by atoms with Crippen LogP contribution in [0.3, 0.4) is 0 Å². The zero-order chi connectivity index (χ0) is 13.0. The molecule has 4 heteroatoms. The Balaban J connectivity index is 1.87. The number of rotatable bonds is 6. The number of para-hydroxylation sites is 1. The monoisotopic (exact) mass is 245 g/mol. The van der Waals surface area contributed by atoms with Crippen LogP contribution in [0.5, 0.6) is 0 Å². The van der Waals surface area contributed by atoms with Crippen molar-refractivity contribution in [1.29, 1.82) is 5.26 Å². The highest BCUT2D eigenvalue weighted by molar-refractivity contribution is 5.73. The number of ether oxygens (including phenoxy) is 1. The highest BCUT2D eigenvalue weighted by Crippen LogP contribution is 2.29. The topological polar surface area (TPSA) is 62.3 Å². The van der Waals surface area contributed by atoms with Gasteiger partial charge in [-0.15, -0.1) is 0 Å². The summed E-state index contributed by atoms with van der Waals surface area (Å²) < 4.78 is 5.60. The number of anilines is 2. The van der Waals surface area contributed by atoms with Gasteiger partial charge in [0.05, 0.1) is 23.5 Å². The van der Waals surface area contributed by atoms with Crippen LogP contribution in [0.15, 0.2) is 18.2 Å². The van der Waals surface area contributed by atoms with Crippen molar-refractivity contribution in [3.05, 3.63) is 23.8 Å². The summed E-state index contributed by atoms with van der Waals surface area (Å²) in [4.78, 5) is 2.03. The summed E-state index contributed by atoms with van der Waals surface area (Å²) in [5.41, 5.74) is 7.92. The number of benzene rings is 1. The smallest absolute Gasteiger partial charge is 0.101 e. The molecule has 0 unspecified atom stereocenters. The molecule has 0 saturated heterocycles. The maximum atomic E-state index is 8.93. The molecule has 0 radical (unpaired) electrons. The summed E-state index contributed by atoms with van der Waals surface area (Å²) >= 11 is 0. The average molecular weight is 245 g/mol. The highest BCUT2D eigenvalue weighted by Gasteiger charge is 2.21. The maximum Gasteiger partial charge on any atom is 0.101 e. The lowest BCUT2D eigenvalue weighted by Gasteiger charge is -2.21. The van der Waals surface area contributed by atoms with Crippen molar-refractivity contribution in [3.63, 3.8) is 0 Å². The second-order valence-electron chi connectivity index (χ2n) is 4.79. The minimum absolute atomic E-state index is 0.526. The van der Waals surface area contributed by atoms with Gasteiger partial charge in [0.15, 0.2) is 0 Å². The van der Waals surface area contributed by atoms with Crippen LogP contribution >= 0.6 is 0 Å². The largest absolute Gasteiger partial charge is 0.396 e. The van der Waals surface area contributed by atoms with Gasteiger partial charge >= 0.3 is 0 Å². The summed E-state index contributed by atoms with van der Waals surface area (Å²) in [5, 5.41) is 8.93. The van der Waals surface area contributed by atoms with E-state index in [0.717, 1.165) is 24.8 Å². The Hall–Kier alpha value is -1.73. The fraction of sp³-hybridized carbons (Fsp3) is 0.500. The molecule has 0 heterocycles. The Bertz CT molecular complexity index is 449. The first-order chi connectivity index (χ1) is 8.72. The summed E-state index contributed by atoms with van der Waals surface area (Å²) in [6.45, 7) is 2.36. The first kappa shape index (κ1) is 12.7. The van der Waals surface area contributed by atoms with E-state index in [1.54, 1.807) is 6.07 Å². The number of hydrogen-bond donors (Lipinski definition) is 1. The molecular weight excluding hydrogens is 226 g/mol. The standard InChI is InChI=1S/C14H19N3O/c1-17(7-8-18-10-11-5-6-11)13-4-2-3-12(9-15)14(13)16/h2-4,11H,5-8,10,16H2,1H3. The summed E-state index contributed by atoms with van der Waals surface area (Å²) in [5.74, 6) is 0.794. The molecule has 0 amide bonds. The van der Waals surface area contributed by atoms with Gasteiger partial charge in [0.2, 0.25) is 0 Å². The van der Waals surface area contributed by atoms with Crippen molar-refractivity contribution in [3.8, 4) is 6.07 Å². The van der Waals surface area contributed by atoms with Crippen molar-refractivity contribution >= 4 is 11.4 Å². The van der Waals surface area contributed by atoms with E-state index in [1.165, 1.54) is 12.8 Å². The van der Waals surface area contributed by atoms with Crippen LogP contribution in [0.1, 0.15) is 18.4 Å². The van der Waals surface area contributed by atoms with Crippen LogP contribution in [0, 0.1) is 17.2 Å². The van der Waals surface area contributed by atoms with E-state index in [0.29, 0.717) is 17.9 Å². The lowest BCUT2D eigenvalue weighted by Crippen LogP contribution is -2.24. The van der Waals surface area contributed by atoms with Crippen LogP contribution in [0.4, 0.5) is 11.4 Å². The summed E-state index contributed by atoms with van der Waals surface area (Å²) in [7, 11) is 1.97. The lowest BCUT2D eigenvalue weighted by atomic mass is 10.1. The third-order valence-electron chi connectivity index (χ3n) is 3.24. The van der Waals surface area contributed by atoms with Gasteiger partial charge in [-0.05, 0) is 30.9 Å². The first-order valence-corrected chi connectivity index (χ1v) is 6.30. The molecule has 0 aromatic heterocycles.